The molecule has 0 aliphatic rings. The fourth-order valence-electron chi connectivity index (χ4n) is 2.61. The first-order valence-corrected chi connectivity index (χ1v) is 9.34. The smallest absolute Gasteiger partial charge is 0.291 e. The Kier molecular flexibility index (Phi) is 4.86. The maximum atomic E-state index is 12.2. The van der Waals surface area contributed by atoms with E-state index in [0.717, 1.165) is 16.8 Å². The highest BCUT2D eigenvalue weighted by Crippen LogP contribution is 2.14. The number of carbonyl (C=O) groups excluding carboxylic acids is 1. The van der Waals surface area contributed by atoms with E-state index in [2.05, 4.69) is 15.4 Å². The molecule has 0 aliphatic carbocycles. The van der Waals surface area contributed by atoms with E-state index >= 15 is 0 Å². The number of amides is 1. The van der Waals surface area contributed by atoms with Gasteiger partial charge in [0, 0.05) is 5.69 Å². The number of aromatic nitrogens is 3. The van der Waals surface area contributed by atoms with Gasteiger partial charge in [-0.3, -0.25) is 9.59 Å². The molecule has 0 aliphatic heterocycles. The average molecular weight is 392 g/mol. The third-order valence-corrected chi connectivity index (χ3v) is 4.96. The molecule has 0 bridgehead atoms. The summed E-state index contributed by atoms with van der Waals surface area (Å²) < 4.78 is 7.38. The zero-order chi connectivity index (χ0) is 19.5. The Morgan fingerprint density at radius 2 is 2.07 bits per heavy atom. The molecule has 0 radical (unpaired) electrons. The van der Waals surface area contributed by atoms with Crippen molar-refractivity contribution in [2.45, 2.75) is 6.92 Å². The fraction of sp³-hybridized carbons (Fsp3) is 0.100. The van der Waals surface area contributed by atoms with Crippen molar-refractivity contribution in [3.63, 3.8) is 0 Å². The lowest BCUT2D eigenvalue weighted by Crippen LogP contribution is -2.23. The monoisotopic (exact) mass is 392 g/mol. The summed E-state index contributed by atoms with van der Waals surface area (Å²) in [6.45, 7) is 1.87. The van der Waals surface area contributed by atoms with Crippen molar-refractivity contribution in [3.05, 3.63) is 80.9 Å². The Hall–Kier alpha value is -3.52. The van der Waals surface area contributed by atoms with Gasteiger partial charge in [0.05, 0.1) is 4.53 Å². The maximum Gasteiger partial charge on any atom is 0.291 e. The predicted octanol–water partition coefficient (Wildman–Crippen LogP) is 2.02. The van der Waals surface area contributed by atoms with Crippen LogP contribution in [0.5, 0.6) is 5.75 Å². The van der Waals surface area contributed by atoms with Gasteiger partial charge < -0.3 is 10.1 Å². The minimum atomic E-state index is -0.245. The van der Waals surface area contributed by atoms with E-state index in [1.807, 2.05) is 37.3 Å². The molecule has 0 spiro atoms. The molecule has 0 fully saturated rings. The Balaban J connectivity index is 1.45. The lowest BCUT2D eigenvalue weighted by molar-refractivity contribution is -0.118. The van der Waals surface area contributed by atoms with Crippen molar-refractivity contribution in [2.24, 2.45) is 0 Å². The van der Waals surface area contributed by atoms with E-state index in [1.165, 1.54) is 22.2 Å². The van der Waals surface area contributed by atoms with Gasteiger partial charge in [0.25, 0.3) is 11.5 Å². The second-order valence-electron chi connectivity index (χ2n) is 6.15. The molecular weight excluding hydrogens is 376 g/mol. The first kappa shape index (κ1) is 17.9. The van der Waals surface area contributed by atoms with Crippen LogP contribution in [0.4, 0.5) is 5.69 Å². The van der Waals surface area contributed by atoms with Crippen molar-refractivity contribution in [2.75, 3.05) is 11.9 Å². The maximum absolute atomic E-state index is 12.2. The van der Waals surface area contributed by atoms with E-state index in [1.54, 1.807) is 24.3 Å². The molecule has 4 rings (SSSR count). The fourth-order valence-corrected chi connectivity index (χ4v) is 3.49. The highest BCUT2D eigenvalue weighted by atomic mass is 32.1. The van der Waals surface area contributed by atoms with Gasteiger partial charge in [-0.25, -0.2) is 4.98 Å². The summed E-state index contributed by atoms with van der Waals surface area (Å²) in [5.74, 6) is 0.297. The van der Waals surface area contributed by atoms with Crippen LogP contribution in [0.3, 0.4) is 0 Å². The molecule has 0 atom stereocenters. The van der Waals surface area contributed by atoms with Crippen LogP contribution in [0, 0.1) is 6.92 Å². The summed E-state index contributed by atoms with van der Waals surface area (Å²) in [5.41, 5.74) is 2.43. The number of thiazole rings is 1. The summed E-state index contributed by atoms with van der Waals surface area (Å²) >= 11 is 1.27. The molecule has 8 heteroatoms. The van der Waals surface area contributed by atoms with Gasteiger partial charge in [0.2, 0.25) is 4.96 Å². The van der Waals surface area contributed by atoms with Gasteiger partial charge in [0.15, 0.2) is 6.61 Å². The van der Waals surface area contributed by atoms with Crippen molar-refractivity contribution in [3.8, 4) is 5.75 Å². The number of nitrogens with zero attached hydrogens (tertiary/aromatic N) is 3. The molecule has 2 heterocycles. The number of rotatable bonds is 5. The molecule has 1 N–H and O–H groups in total. The third kappa shape index (κ3) is 3.91. The van der Waals surface area contributed by atoms with E-state index in [9.17, 15) is 9.59 Å². The summed E-state index contributed by atoms with van der Waals surface area (Å²) in [7, 11) is 0. The molecule has 2 aromatic heterocycles. The second-order valence-corrected chi connectivity index (χ2v) is 7.15. The average Bonchev–Trinajstić information content (AvgIpc) is 3.26. The SMILES string of the molecule is Cc1ccc(NC(=O)COc2cccc(/C=c3\sc4ncnn4c3=O)c2)cc1. The van der Waals surface area contributed by atoms with Crippen LogP contribution in [0.2, 0.25) is 0 Å². The molecule has 2 aromatic carbocycles. The van der Waals surface area contributed by atoms with Crippen LogP contribution in [0.1, 0.15) is 11.1 Å². The largest absolute Gasteiger partial charge is 0.484 e. The molecule has 4 aromatic rings. The zero-order valence-electron chi connectivity index (χ0n) is 15.0. The molecule has 0 saturated heterocycles. The van der Waals surface area contributed by atoms with Gasteiger partial charge in [-0.15, -0.1) is 0 Å². The Morgan fingerprint density at radius 3 is 2.86 bits per heavy atom. The van der Waals surface area contributed by atoms with E-state index in [-0.39, 0.29) is 18.1 Å². The van der Waals surface area contributed by atoms with E-state index in [0.29, 0.717) is 15.2 Å². The van der Waals surface area contributed by atoms with Crippen molar-refractivity contribution >= 4 is 34.0 Å². The lowest BCUT2D eigenvalue weighted by atomic mass is 10.2. The van der Waals surface area contributed by atoms with E-state index < -0.39 is 0 Å². The Morgan fingerprint density at radius 1 is 1.25 bits per heavy atom. The van der Waals surface area contributed by atoms with Gasteiger partial charge in [-0.05, 0) is 42.8 Å². The molecular formula is C20H16N4O3S. The molecule has 1 amide bonds. The van der Waals surface area contributed by atoms with Gasteiger partial charge in [-0.2, -0.15) is 9.61 Å². The molecule has 0 unspecified atom stereocenters. The summed E-state index contributed by atoms with van der Waals surface area (Å²) in [4.78, 5) is 28.9. The number of benzene rings is 2. The van der Waals surface area contributed by atoms with Gasteiger partial charge in [0.1, 0.15) is 12.1 Å². The van der Waals surface area contributed by atoms with Crippen LogP contribution in [-0.2, 0) is 4.79 Å². The summed E-state index contributed by atoms with van der Waals surface area (Å²) in [6, 6.07) is 14.7. The second kappa shape index (κ2) is 7.61. The van der Waals surface area contributed by atoms with Crippen LogP contribution in [0.25, 0.3) is 11.0 Å². The highest BCUT2D eigenvalue weighted by Gasteiger charge is 2.06. The minimum absolute atomic E-state index is 0.110. The van der Waals surface area contributed by atoms with Crippen LogP contribution < -0.4 is 20.1 Å². The number of fused-ring (bicyclic) bond motifs is 1. The van der Waals surface area contributed by atoms with Gasteiger partial charge >= 0.3 is 0 Å². The van der Waals surface area contributed by atoms with Crippen LogP contribution in [-0.4, -0.2) is 27.1 Å². The number of nitrogens with one attached hydrogen (secondary N) is 1. The standard InChI is InChI=1S/C20H16N4O3S/c1-13-5-7-15(8-6-13)23-18(25)11-27-16-4-2-3-14(9-16)10-17-19(26)24-20(28-17)21-12-22-24/h2-10,12H,11H2,1H3,(H,23,25)/b17-10-. The number of ether oxygens (including phenoxy) is 1. The number of hydrogen-bond acceptors (Lipinski definition) is 6. The third-order valence-electron chi connectivity index (χ3n) is 3.98. The number of aryl methyl sites for hydroxylation is 1. The Bertz CT molecular complexity index is 1240. The van der Waals surface area contributed by atoms with Crippen molar-refractivity contribution < 1.29 is 9.53 Å². The lowest BCUT2D eigenvalue weighted by Gasteiger charge is -2.08. The summed E-state index contributed by atoms with van der Waals surface area (Å²) in [6.07, 6.45) is 3.11. The van der Waals surface area contributed by atoms with E-state index in [4.69, 9.17) is 4.74 Å². The van der Waals surface area contributed by atoms with Crippen molar-refractivity contribution in [1.29, 1.82) is 0 Å². The van der Waals surface area contributed by atoms with Crippen molar-refractivity contribution in [1.82, 2.24) is 14.6 Å². The first-order valence-electron chi connectivity index (χ1n) is 8.52. The predicted molar refractivity (Wildman–Crippen MR) is 108 cm³/mol. The summed E-state index contributed by atoms with van der Waals surface area (Å²) in [5, 5.41) is 6.69. The number of hydrogen-bond donors (Lipinski definition) is 1. The quantitative estimate of drug-likeness (QED) is 0.562. The Labute approximate surface area is 163 Å². The number of anilines is 1. The first-order chi connectivity index (χ1) is 13.6. The topological polar surface area (TPSA) is 85.6 Å². The highest BCUT2D eigenvalue weighted by molar-refractivity contribution is 7.15. The zero-order valence-corrected chi connectivity index (χ0v) is 15.8. The normalized spacial score (nSPS) is 11.7. The minimum Gasteiger partial charge on any atom is -0.484 e. The molecule has 140 valence electrons. The molecule has 7 nitrogen and oxygen atoms in total. The van der Waals surface area contributed by atoms with Crippen LogP contribution in [0.15, 0.2) is 59.7 Å². The number of carbonyl (C=O) groups is 1. The van der Waals surface area contributed by atoms with Crippen LogP contribution >= 0.6 is 11.3 Å². The molecule has 0 saturated carbocycles. The molecule has 28 heavy (non-hydrogen) atoms. The van der Waals surface area contributed by atoms with Gasteiger partial charge in [-0.1, -0.05) is 41.2 Å².